The minimum Gasteiger partial charge on any atom is -0.305 e. The molecule has 5 heteroatoms. The first-order valence-electron chi connectivity index (χ1n) is 19.3. The van der Waals surface area contributed by atoms with Crippen molar-refractivity contribution in [3.8, 4) is 33.6 Å². The number of aryl methyl sites for hydroxylation is 1. The average Bonchev–Trinajstić information content (AvgIpc) is 3.48. The summed E-state index contributed by atoms with van der Waals surface area (Å²) in [4.78, 5) is 9.41. The summed E-state index contributed by atoms with van der Waals surface area (Å²) < 4.78 is 11.1. The Hall–Kier alpha value is -3.73. The van der Waals surface area contributed by atoms with Gasteiger partial charge >= 0.3 is 0 Å². The average molecular weight is 924 g/mol. The molecule has 7 rings (SSSR count). The molecule has 0 atom stereocenters. The summed E-state index contributed by atoms with van der Waals surface area (Å²) in [7, 11) is -1.50. The van der Waals surface area contributed by atoms with E-state index >= 15 is 0 Å². The molecule has 3 heterocycles. The minimum atomic E-state index is -1.50. The van der Waals surface area contributed by atoms with Crippen LogP contribution in [0.15, 0.2) is 103 Å². The number of thiophene rings is 1. The molecule has 0 N–H and O–H groups in total. The van der Waals surface area contributed by atoms with Gasteiger partial charge in [0.25, 0.3) is 0 Å². The number of nitrogens with zero attached hydrogens (tertiary/aromatic N) is 2. The molecule has 54 heavy (non-hydrogen) atoms. The third-order valence-corrected chi connectivity index (χ3v) is 12.8. The Kier molecular flexibility index (Phi) is 12.5. The van der Waals surface area contributed by atoms with Gasteiger partial charge in [0, 0.05) is 44.1 Å². The maximum atomic E-state index is 8.44. The van der Waals surface area contributed by atoms with Gasteiger partial charge < -0.3 is 9.97 Å². The molecule has 0 aliphatic rings. The molecule has 3 aromatic heterocycles. The van der Waals surface area contributed by atoms with E-state index in [0.29, 0.717) is 5.92 Å². The van der Waals surface area contributed by atoms with Crippen molar-refractivity contribution >= 4 is 44.8 Å². The van der Waals surface area contributed by atoms with E-state index in [4.69, 9.17) is 6.35 Å². The van der Waals surface area contributed by atoms with Crippen molar-refractivity contribution in [1.29, 1.82) is 0 Å². The third-order valence-electron chi connectivity index (χ3n) is 9.57. The smallest absolute Gasteiger partial charge is 0.0799 e. The number of rotatable bonds is 7. The van der Waals surface area contributed by atoms with Crippen LogP contribution in [0.1, 0.15) is 83.9 Å². The first-order chi connectivity index (χ1) is 25.4. The summed E-state index contributed by atoms with van der Waals surface area (Å²) in [6.45, 7) is 24.4. The van der Waals surface area contributed by atoms with E-state index in [1.54, 1.807) is 0 Å². The molecule has 0 bridgehead atoms. The van der Waals surface area contributed by atoms with Crippen molar-refractivity contribution in [2.24, 2.45) is 5.41 Å². The molecule has 0 saturated heterocycles. The summed E-state index contributed by atoms with van der Waals surface area (Å²) in [6, 6.07) is 39.0. The van der Waals surface area contributed by atoms with Crippen molar-refractivity contribution < 1.29 is 21.5 Å². The zero-order chi connectivity index (χ0) is 39.0. The largest absolute Gasteiger partial charge is 0.305 e. The normalized spacial score (nSPS) is 12.3. The SMILES string of the molecule is Cc1[c-]c(-c2cc(CC(C)(C)C)ccn2)c2sc3c(-c4ccccc4)c(C(C)C)ccc3c2c1.[2H]C(C)(C)c1cc(-c2[c-]cccc2)ncc1[Si](C)(C)C.[Ir]. The van der Waals surface area contributed by atoms with Gasteiger partial charge in [0.05, 0.1) is 8.07 Å². The Labute approximate surface area is 344 Å². The minimum absolute atomic E-state index is 0. The summed E-state index contributed by atoms with van der Waals surface area (Å²) in [6.07, 6.45) is 4.96. The maximum absolute atomic E-state index is 8.44. The number of hydrogen-bond acceptors (Lipinski definition) is 3. The number of fused-ring (bicyclic) bond motifs is 3. The molecule has 2 nitrogen and oxygen atoms in total. The quantitative estimate of drug-likeness (QED) is 0.118. The van der Waals surface area contributed by atoms with Crippen LogP contribution >= 0.6 is 11.3 Å². The second-order valence-electron chi connectivity index (χ2n) is 17.0. The van der Waals surface area contributed by atoms with Crippen LogP contribution in [0.3, 0.4) is 0 Å². The molecule has 4 aromatic carbocycles. The van der Waals surface area contributed by atoms with Crippen LogP contribution in [0.4, 0.5) is 0 Å². The van der Waals surface area contributed by atoms with Crippen molar-refractivity contribution in [2.45, 2.75) is 93.3 Å². The molecule has 0 aliphatic carbocycles. The molecular weight excluding hydrogens is 869 g/mol. The van der Waals surface area contributed by atoms with Crippen molar-refractivity contribution in [3.63, 3.8) is 0 Å². The fraction of sp³-hybridized carbons (Fsp3) is 0.306. The van der Waals surface area contributed by atoms with Gasteiger partial charge in [-0.1, -0.05) is 146 Å². The Morgan fingerprint density at radius 3 is 2.15 bits per heavy atom. The molecule has 0 aliphatic heterocycles. The molecule has 0 unspecified atom stereocenters. The molecule has 281 valence electrons. The maximum Gasteiger partial charge on any atom is 0.0799 e. The summed E-state index contributed by atoms with van der Waals surface area (Å²) >= 11 is 1.89. The second kappa shape index (κ2) is 17.0. The first kappa shape index (κ1) is 39.9. The first-order valence-corrected chi connectivity index (χ1v) is 23.1. The molecule has 0 fully saturated rings. The van der Waals surface area contributed by atoms with E-state index < -0.39 is 14.0 Å². The van der Waals surface area contributed by atoms with Crippen LogP contribution in [-0.4, -0.2) is 18.0 Å². The predicted molar refractivity (Wildman–Crippen MR) is 234 cm³/mol. The third kappa shape index (κ3) is 9.37. The zero-order valence-corrected chi connectivity index (χ0v) is 37.9. The van der Waals surface area contributed by atoms with Crippen LogP contribution in [0.5, 0.6) is 0 Å². The van der Waals surface area contributed by atoms with E-state index in [1.807, 2.05) is 61.8 Å². The van der Waals surface area contributed by atoms with Crippen molar-refractivity contribution in [1.82, 2.24) is 9.97 Å². The van der Waals surface area contributed by atoms with Crippen LogP contribution in [0.25, 0.3) is 53.8 Å². The van der Waals surface area contributed by atoms with E-state index in [1.165, 1.54) is 47.6 Å². The number of aromatic nitrogens is 2. The summed E-state index contributed by atoms with van der Waals surface area (Å²) in [5.74, 6) is -0.157. The van der Waals surface area contributed by atoms with Gasteiger partial charge in [-0.3, -0.25) is 0 Å². The fourth-order valence-electron chi connectivity index (χ4n) is 7.09. The van der Waals surface area contributed by atoms with Crippen molar-refractivity contribution in [2.75, 3.05) is 0 Å². The number of benzene rings is 4. The summed E-state index contributed by atoms with van der Waals surface area (Å²) in [5.41, 5.74) is 11.9. The fourth-order valence-corrected chi connectivity index (χ4v) is 10.0. The molecule has 0 saturated carbocycles. The van der Waals surface area contributed by atoms with E-state index in [9.17, 15) is 0 Å². The van der Waals surface area contributed by atoms with Gasteiger partial charge in [-0.15, -0.1) is 59.2 Å². The van der Waals surface area contributed by atoms with Gasteiger partial charge in [0.2, 0.25) is 0 Å². The van der Waals surface area contributed by atoms with E-state index in [2.05, 4.69) is 145 Å². The Morgan fingerprint density at radius 2 is 1.52 bits per heavy atom. The monoisotopic (exact) mass is 924 g/mol. The van der Waals surface area contributed by atoms with Crippen LogP contribution in [0.2, 0.25) is 19.6 Å². The Bertz CT molecular complexity index is 2400. The van der Waals surface area contributed by atoms with Crippen LogP contribution in [-0.2, 0) is 26.5 Å². The van der Waals surface area contributed by atoms with Gasteiger partial charge in [-0.05, 0) is 67.5 Å². The van der Waals surface area contributed by atoms with Crippen LogP contribution in [0, 0.1) is 24.5 Å². The number of hydrogen-bond donors (Lipinski definition) is 0. The standard InChI is InChI=1S/C32H32NS.C17H22NSi.Ir/c1-20(2)24-12-13-25-26-16-21(3)17-27(28-18-22(14-15-33-28)19-32(4,5)6)30(26)34-31(25)29(24)23-10-8-7-9-11-23;1-13(2)15-11-16(14-9-7-6-8-10-14)18-12-17(15)19(3,4)5;/h7-16,18,20H,19H2,1-6H3;6-9,11-13H,1-5H3;/q2*-1;/i;13D;. The second-order valence-corrected chi connectivity index (χ2v) is 23.1. The van der Waals surface area contributed by atoms with E-state index in [-0.39, 0.29) is 25.5 Å². The van der Waals surface area contributed by atoms with Gasteiger partial charge in [0.15, 0.2) is 0 Å². The Balaban J connectivity index is 0.000000237. The molecule has 1 radical (unpaired) electrons. The van der Waals surface area contributed by atoms with Crippen molar-refractivity contribution in [3.05, 3.63) is 138 Å². The predicted octanol–water partition coefficient (Wildman–Crippen LogP) is 13.8. The summed E-state index contributed by atoms with van der Waals surface area (Å²) in [5, 5.41) is 3.91. The zero-order valence-electron chi connectivity index (χ0n) is 34.7. The Morgan fingerprint density at radius 1 is 0.796 bits per heavy atom. The molecular formula is C49H54IrN2SSi-2. The topological polar surface area (TPSA) is 25.8 Å². The van der Waals surface area contributed by atoms with Gasteiger partial charge in [-0.2, -0.15) is 11.3 Å². The number of pyridine rings is 2. The molecule has 0 spiro atoms. The molecule has 7 aromatic rings. The van der Waals surface area contributed by atoms with Gasteiger partial charge in [0.1, 0.15) is 0 Å². The van der Waals surface area contributed by atoms with Gasteiger partial charge in [-0.25, -0.2) is 0 Å². The van der Waals surface area contributed by atoms with E-state index in [0.717, 1.165) is 40.1 Å². The molecule has 0 amide bonds. The van der Waals surface area contributed by atoms with Crippen LogP contribution < -0.4 is 5.19 Å².